The van der Waals surface area contributed by atoms with Crippen LogP contribution in [0.1, 0.15) is 29.6 Å². The minimum atomic E-state index is -0.541. The molecule has 7 heteroatoms. The highest BCUT2D eigenvalue weighted by Gasteiger charge is 2.56. The minimum absolute atomic E-state index is 0.0446. The molecule has 0 radical (unpaired) electrons. The molecule has 27 heavy (non-hydrogen) atoms. The third kappa shape index (κ3) is 3.95. The van der Waals surface area contributed by atoms with Crippen molar-refractivity contribution in [2.45, 2.75) is 31.5 Å². The number of aliphatic hydroxyl groups excluding tert-OH is 1. The normalized spacial score (nSPS) is 24.1. The van der Waals surface area contributed by atoms with Crippen LogP contribution in [0.25, 0.3) is 0 Å². The fourth-order valence-electron chi connectivity index (χ4n) is 4.10. The van der Waals surface area contributed by atoms with Gasteiger partial charge in [-0.15, -0.1) is 0 Å². The molecule has 1 saturated carbocycles. The lowest BCUT2D eigenvalue weighted by molar-refractivity contribution is -0.209. The molecule has 2 fully saturated rings. The van der Waals surface area contributed by atoms with Crippen LogP contribution in [0.15, 0.2) is 18.2 Å². The van der Waals surface area contributed by atoms with Crippen molar-refractivity contribution >= 4 is 5.91 Å². The first kappa shape index (κ1) is 20.0. The second kappa shape index (κ2) is 8.12. The third-order valence-electron chi connectivity index (χ3n) is 5.98. The van der Waals surface area contributed by atoms with Gasteiger partial charge in [0, 0.05) is 37.0 Å². The third-order valence-corrected chi connectivity index (χ3v) is 5.98. The van der Waals surface area contributed by atoms with Gasteiger partial charge < -0.3 is 24.4 Å². The topological polar surface area (TPSA) is 62.2 Å². The Hall–Kier alpha value is -1.70. The molecule has 1 saturated heterocycles. The Morgan fingerprint density at radius 1 is 1.37 bits per heavy atom. The van der Waals surface area contributed by atoms with Gasteiger partial charge in [-0.25, -0.2) is 4.39 Å². The summed E-state index contributed by atoms with van der Waals surface area (Å²) in [7, 11) is 5.40. The molecule has 1 aromatic carbocycles. The van der Waals surface area contributed by atoms with Crippen LogP contribution in [-0.2, 0) is 4.74 Å². The molecule has 3 rings (SSSR count). The van der Waals surface area contributed by atoms with E-state index in [1.807, 2.05) is 14.1 Å². The van der Waals surface area contributed by atoms with Gasteiger partial charge >= 0.3 is 0 Å². The van der Waals surface area contributed by atoms with Crippen LogP contribution in [0.5, 0.6) is 5.75 Å². The van der Waals surface area contributed by atoms with Crippen LogP contribution in [0, 0.1) is 11.2 Å². The summed E-state index contributed by atoms with van der Waals surface area (Å²) in [6, 6.07) is 4.27. The van der Waals surface area contributed by atoms with Gasteiger partial charge in [0.05, 0.1) is 25.9 Å². The molecule has 0 aromatic heterocycles. The molecule has 6 nitrogen and oxygen atoms in total. The maximum Gasteiger partial charge on any atom is 0.253 e. The summed E-state index contributed by atoms with van der Waals surface area (Å²) >= 11 is 0. The molecule has 0 unspecified atom stereocenters. The number of hydrogen-bond donors (Lipinski definition) is 1. The van der Waals surface area contributed by atoms with Gasteiger partial charge in [-0.05, 0) is 45.1 Å². The summed E-state index contributed by atoms with van der Waals surface area (Å²) in [6.45, 7) is 2.56. The highest BCUT2D eigenvalue weighted by atomic mass is 19.1. The number of likely N-dealkylation sites (N-methyl/N-ethyl adjacent to an activating group) is 1. The Bertz CT molecular complexity index is 674. The summed E-state index contributed by atoms with van der Waals surface area (Å²) in [4.78, 5) is 16.5. The average molecular weight is 380 g/mol. The van der Waals surface area contributed by atoms with Crippen LogP contribution in [0.4, 0.5) is 4.39 Å². The van der Waals surface area contributed by atoms with E-state index >= 15 is 0 Å². The average Bonchev–Trinajstić information content (AvgIpc) is 2.66. The first-order valence-electron chi connectivity index (χ1n) is 9.44. The quantitative estimate of drug-likeness (QED) is 0.815. The van der Waals surface area contributed by atoms with E-state index in [2.05, 4.69) is 4.90 Å². The van der Waals surface area contributed by atoms with Crippen LogP contribution >= 0.6 is 0 Å². The SMILES string of the molecule is COc1ccc(C(=O)N2CCC3(CC2)[C@@H](O)C[C@H]3OCCN(C)C)cc1F. The minimum Gasteiger partial charge on any atom is -0.494 e. The number of nitrogens with zero attached hydrogens (tertiary/aromatic N) is 2. The van der Waals surface area contributed by atoms with E-state index in [0.29, 0.717) is 44.5 Å². The van der Waals surface area contributed by atoms with Gasteiger partial charge in [0.1, 0.15) is 0 Å². The van der Waals surface area contributed by atoms with E-state index in [-0.39, 0.29) is 29.3 Å². The van der Waals surface area contributed by atoms with Crippen molar-refractivity contribution in [3.8, 4) is 5.75 Å². The summed E-state index contributed by atoms with van der Waals surface area (Å²) in [5.41, 5.74) is 0.0611. The second-order valence-corrected chi connectivity index (χ2v) is 7.79. The smallest absolute Gasteiger partial charge is 0.253 e. The van der Waals surface area contributed by atoms with Crippen molar-refractivity contribution in [3.05, 3.63) is 29.6 Å². The van der Waals surface area contributed by atoms with Gasteiger partial charge in [0.25, 0.3) is 5.91 Å². The van der Waals surface area contributed by atoms with E-state index in [9.17, 15) is 14.3 Å². The van der Waals surface area contributed by atoms with E-state index in [0.717, 1.165) is 6.54 Å². The largest absolute Gasteiger partial charge is 0.494 e. The predicted octanol–water partition coefficient (Wildman–Crippen LogP) is 1.77. The summed E-state index contributed by atoms with van der Waals surface area (Å²) in [5.74, 6) is -0.606. The second-order valence-electron chi connectivity index (χ2n) is 7.79. The van der Waals surface area contributed by atoms with E-state index in [1.54, 1.807) is 11.0 Å². The van der Waals surface area contributed by atoms with Crippen LogP contribution in [-0.4, -0.2) is 80.5 Å². The first-order valence-corrected chi connectivity index (χ1v) is 9.44. The molecule has 1 aromatic rings. The fourth-order valence-corrected chi connectivity index (χ4v) is 4.10. The predicted molar refractivity (Wildman–Crippen MR) is 99.4 cm³/mol. The number of ether oxygens (including phenoxy) is 2. The molecule has 2 aliphatic rings. The Kier molecular flexibility index (Phi) is 6.03. The standard InChI is InChI=1S/C20H29FN2O4/c1-22(2)10-11-27-18-13-17(24)20(18)6-8-23(9-7-20)19(25)14-4-5-16(26-3)15(21)12-14/h4-5,12,17-18,24H,6-11,13H2,1-3H3/t17-,18+/m0/s1. The zero-order valence-electron chi connectivity index (χ0n) is 16.3. The van der Waals surface area contributed by atoms with Gasteiger partial charge in [-0.2, -0.15) is 0 Å². The molecule has 1 aliphatic carbocycles. The molecule has 2 atom stereocenters. The lowest BCUT2D eigenvalue weighted by Gasteiger charge is -2.56. The van der Waals surface area contributed by atoms with E-state index in [1.165, 1.54) is 19.2 Å². The number of methoxy groups -OCH3 is 1. The molecule has 0 bridgehead atoms. The van der Waals surface area contributed by atoms with Crippen LogP contribution < -0.4 is 4.74 Å². The molecule has 1 N–H and O–H groups in total. The van der Waals surface area contributed by atoms with Gasteiger partial charge in [-0.3, -0.25) is 4.79 Å². The lowest BCUT2D eigenvalue weighted by Crippen LogP contribution is -2.63. The number of likely N-dealkylation sites (tertiary alicyclic amines) is 1. The molecule has 1 spiro atoms. The monoisotopic (exact) mass is 380 g/mol. The highest BCUT2D eigenvalue weighted by molar-refractivity contribution is 5.94. The van der Waals surface area contributed by atoms with Gasteiger partial charge in [0.15, 0.2) is 11.6 Å². The molecule has 150 valence electrons. The first-order chi connectivity index (χ1) is 12.9. The van der Waals surface area contributed by atoms with Crippen LogP contribution in [0.3, 0.4) is 0 Å². The van der Waals surface area contributed by atoms with E-state index in [4.69, 9.17) is 9.47 Å². The Labute approximate surface area is 159 Å². The van der Waals surface area contributed by atoms with Crippen molar-refractivity contribution in [2.24, 2.45) is 5.41 Å². The number of aliphatic hydroxyl groups is 1. The number of carbonyl (C=O) groups excluding carboxylic acids is 1. The number of amides is 1. The zero-order valence-corrected chi connectivity index (χ0v) is 16.3. The maximum atomic E-state index is 13.9. The Balaban J connectivity index is 1.59. The maximum absolute atomic E-state index is 13.9. The van der Waals surface area contributed by atoms with Gasteiger partial charge in [0.2, 0.25) is 0 Å². The highest BCUT2D eigenvalue weighted by Crippen LogP contribution is 2.51. The van der Waals surface area contributed by atoms with Crippen molar-refractivity contribution in [2.75, 3.05) is 47.4 Å². The molecular formula is C20H29FN2O4. The Morgan fingerprint density at radius 2 is 2.07 bits per heavy atom. The van der Waals surface area contributed by atoms with Crippen molar-refractivity contribution in [1.29, 1.82) is 0 Å². The molecular weight excluding hydrogens is 351 g/mol. The number of carbonyl (C=O) groups is 1. The summed E-state index contributed by atoms with van der Waals surface area (Å²) in [6.07, 6.45) is 1.72. The number of benzene rings is 1. The van der Waals surface area contributed by atoms with Crippen molar-refractivity contribution in [3.63, 3.8) is 0 Å². The molecule has 1 aliphatic heterocycles. The number of halogens is 1. The zero-order chi connectivity index (χ0) is 19.6. The summed E-state index contributed by atoms with van der Waals surface area (Å²) in [5, 5.41) is 10.4. The number of hydrogen-bond acceptors (Lipinski definition) is 5. The number of piperidine rings is 1. The van der Waals surface area contributed by atoms with Crippen molar-refractivity contribution in [1.82, 2.24) is 9.80 Å². The molecule has 1 amide bonds. The van der Waals surface area contributed by atoms with E-state index < -0.39 is 5.82 Å². The molecule has 1 heterocycles. The van der Waals surface area contributed by atoms with Crippen molar-refractivity contribution < 1.29 is 23.8 Å². The Morgan fingerprint density at radius 3 is 2.63 bits per heavy atom. The summed E-state index contributed by atoms with van der Waals surface area (Å²) < 4.78 is 24.8. The van der Waals surface area contributed by atoms with Gasteiger partial charge in [-0.1, -0.05) is 0 Å². The lowest BCUT2D eigenvalue weighted by atomic mass is 9.58. The number of rotatable bonds is 6. The van der Waals surface area contributed by atoms with Crippen LogP contribution in [0.2, 0.25) is 0 Å². The fraction of sp³-hybridized carbons (Fsp3) is 0.650.